The van der Waals surface area contributed by atoms with Crippen LogP contribution in [0.3, 0.4) is 0 Å². The molecule has 0 bridgehead atoms. The summed E-state index contributed by atoms with van der Waals surface area (Å²) < 4.78 is 0. The Morgan fingerprint density at radius 2 is 1.79 bits per heavy atom. The lowest BCUT2D eigenvalue weighted by molar-refractivity contribution is -0.124. The van der Waals surface area contributed by atoms with Gasteiger partial charge in [-0.05, 0) is 25.0 Å². The van der Waals surface area contributed by atoms with Crippen molar-refractivity contribution in [2.45, 2.75) is 25.4 Å². The number of nitrogens with zero attached hydrogens (tertiary/aromatic N) is 2. The monoisotopic (exact) mass is 406 g/mol. The van der Waals surface area contributed by atoms with Gasteiger partial charge in [-0.25, -0.2) is 9.78 Å². The van der Waals surface area contributed by atoms with Crippen LogP contribution in [0.4, 0.5) is 10.5 Å². The van der Waals surface area contributed by atoms with Crippen LogP contribution in [0.25, 0.3) is 10.6 Å². The summed E-state index contributed by atoms with van der Waals surface area (Å²) in [4.78, 5) is 31.5. The fourth-order valence-electron chi connectivity index (χ4n) is 3.40. The number of anilines is 1. The van der Waals surface area contributed by atoms with Crippen LogP contribution >= 0.6 is 11.3 Å². The van der Waals surface area contributed by atoms with Gasteiger partial charge in [-0.3, -0.25) is 4.79 Å². The molecule has 1 aliphatic rings. The lowest BCUT2D eigenvalue weighted by Crippen LogP contribution is -2.47. The number of carbonyl (C=O) groups excluding carboxylic acids is 2. The van der Waals surface area contributed by atoms with Crippen LogP contribution in [-0.4, -0.2) is 34.4 Å². The van der Waals surface area contributed by atoms with Crippen LogP contribution in [0.15, 0.2) is 66.0 Å². The molecule has 1 atom stereocenters. The maximum atomic E-state index is 12.7. The maximum absolute atomic E-state index is 12.7. The van der Waals surface area contributed by atoms with Gasteiger partial charge < -0.3 is 15.5 Å². The number of nitrogens with one attached hydrogen (secondary N) is 2. The molecule has 148 valence electrons. The van der Waals surface area contributed by atoms with Crippen molar-refractivity contribution in [2.75, 3.05) is 11.9 Å². The molecule has 6 nitrogen and oxygen atoms in total. The van der Waals surface area contributed by atoms with Crippen molar-refractivity contribution in [3.8, 4) is 10.6 Å². The van der Waals surface area contributed by atoms with E-state index in [1.54, 1.807) is 16.2 Å². The van der Waals surface area contributed by atoms with E-state index in [0.717, 1.165) is 28.4 Å². The first-order chi connectivity index (χ1) is 14.2. The molecule has 2 N–H and O–H groups in total. The summed E-state index contributed by atoms with van der Waals surface area (Å²) in [6, 6.07) is 18.5. The van der Waals surface area contributed by atoms with E-state index in [0.29, 0.717) is 19.5 Å². The van der Waals surface area contributed by atoms with Crippen LogP contribution in [-0.2, 0) is 11.3 Å². The molecule has 3 aromatic rings. The molecule has 2 heterocycles. The minimum absolute atomic E-state index is 0.139. The van der Waals surface area contributed by atoms with Gasteiger partial charge in [0.1, 0.15) is 11.0 Å². The van der Waals surface area contributed by atoms with Crippen molar-refractivity contribution in [1.82, 2.24) is 15.2 Å². The first-order valence-corrected chi connectivity index (χ1v) is 10.5. The number of urea groups is 1. The van der Waals surface area contributed by atoms with Gasteiger partial charge >= 0.3 is 6.03 Å². The second-order valence-corrected chi connectivity index (χ2v) is 7.73. The standard InChI is InChI=1S/C22H22N4O2S/c27-20(23-14-18-15-29-21(24-18)16-8-3-1-4-9-16)19-12-7-13-26(19)22(28)25-17-10-5-2-6-11-17/h1-6,8-11,15,19H,7,12-14H2,(H,23,27)(H,25,28). The number of amides is 3. The molecule has 29 heavy (non-hydrogen) atoms. The van der Waals surface area contributed by atoms with Crippen LogP contribution in [0.5, 0.6) is 0 Å². The van der Waals surface area contributed by atoms with Gasteiger partial charge in [-0.2, -0.15) is 0 Å². The number of carbonyl (C=O) groups is 2. The maximum Gasteiger partial charge on any atom is 0.322 e. The molecular weight excluding hydrogens is 384 g/mol. The van der Waals surface area contributed by atoms with Crippen molar-refractivity contribution in [1.29, 1.82) is 0 Å². The molecule has 1 aliphatic heterocycles. The van der Waals surface area contributed by atoms with Gasteiger partial charge in [0.15, 0.2) is 0 Å². The summed E-state index contributed by atoms with van der Waals surface area (Å²) in [5, 5.41) is 8.68. The fraction of sp³-hybridized carbons (Fsp3) is 0.227. The van der Waals surface area contributed by atoms with Crippen molar-refractivity contribution >= 4 is 29.0 Å². The highest BCUT2D eigenvalue weighted by molar-refractivity contribution is 7.13. The zero-order valence-electron chi connectivity index (χ0n) is 15.9. The summed E-state index contributed by atoms with van der Waals surface area (Å²) in [6.45, 7) is 0.929. The molecule has 7 heteroatoms. The fourth-order valence-corrected chi connectivity index (χ4v) is 4.22. The number of thiazole rings is 1. The van der Waals surface area contributed by atoms with Gasteiger partial charge in [-0.15, -0.1) is 11.3 Å². The Bertz CT molecular complexity index is 975. The lowest BCUT2D eigenvalue weighted by atomic mass is 10.2. The highest BCUT2D eigenvalue weighted by atomic mass is 32.1. The quantitative estimate of drug-likeness (QED) is 0.669. The Hall–Kier alpha value is -3.19. The van der Waals surface area contributed by atoms with E-state index in [1.165, 1.54) is 0 Å². The zero-order valence-corrected chi connectivity index (χ0v) is 16.7. The molecule has 0 radical (unpaired) electrons. The number of aromatic nitrogens is 1. The van der Waals surface area contributed by atoms with Crippen LogP contribution in [0.2, 0.25) is 0 Å². The topological polar surface area (TPSA) is 74.3 Å². The third kappa shape index (κ3) is 4.63. The summed E-state index contributed by atoms with van der Waals surface area (Å²) in [5.74, 6) is -0.139. The normalized spacial score (nSPS) is 15.9. The van der Waals surface area contributed by atoms with Crippen LogP contribution in [0.1, 0.15) is 18.5 Å². The summed E-state index contributed by atoms with van der Waals surface area (Å²) in [5.41, 5.74) is 2.61. The molecular formula is C22H22N4O2S. The predicted molar refractivity (Wildman–Crippen MR) is 115 cm³/mol. The van der Waals surface area contributed by atoms with E-state index in [2.05, 4.69) is 15.6 Å². The minimum atomic E-state index is -0.453. The summed E-state index contributed by atoms with van der Waals surface area (Å²) in [7, 11) is 0. The smallest absolute Gasteiger partial charge is 0.322 e. The van der Waals surface area contributed by atoms with Gasteiger partial charge in [0.25, 0.3) is 0 Å². The lowest BCUT2D eigenvalue weighted by Gasteiger charge is -2.24. The highest BCUT2D eigenvalue weighted by Crippen LogP contribution is 2.23. The van der Waals surface area contributed by atoms with Crippen molar-refractivity contribution in [2.24, 2.45) is 0 Å². The second kappa shape index (κ2) is 8.87. The van der Waals surface area contributed by atoms with Crippen molar-refractivity contribution < 1.29 is 9.59 Å². The SMILES string of the molecule is O=C(NCc1csc(-c2ccccc2)n1)C1CCCN1C(=O)Nc1ccccc1. The molecule has 0 aliphatic carbocycles. The van der Waals surface area contributed by atoms with Crippen molar-refractivity contribution in [3.05, 3.63) is 71.7 Å². The Labute approximate surface area is 173 Å². The Balaban J connectivity index is 1.34. The minimum Gasteiger partial charge on any atom is -0.349 e. The average Bonchev–Trinajstić information content (AvgIpc) is 3.43. The molecule has 0 saturated carbocycles. The van der Waals surface area contributed by atoms with E-state index in [-0.39, 0.29) is 11.9 Å². The van der Waals surface area contributed by atoms with Gasteiger partial charge in [-0.1, -0.05) is 48.5 Å². The summed E-state index contributed by atoms with van der Waals surface area (Å²) in [6.07, 6.45) is 1.48. The molecule has 4 rings (SSSR count). The molecule has 1 unspecified atom stereocenters. The zero-order chi connectivity index (χ0) is 20.1. The van der Waals surface area contributed by atoms with E-state index in [9.17, 15) is 9.59 Å². The Morgan fingerprint density at radius 3 is 2.55 bits per heavy atom. The van der Waals surface area contributed by atoms with E-state index in [4.69, 9.17) is 0 Å². The van der Waals surface area contributed by atoms with Crippen LogP contribution in [0, 0.1) is 0 Å². The Kier molecular flexibility index (Phi) is 5.86. The molecule has 1 fully saturated rings. The van der Waals surface area contributed by atoms with Crippen molar-refractivity contribution in [3.63, 3.8) is 0 Å². The number of benzene rings is 2. The molecule has 3 amide bonds. The first-order valence-electron chi connectivity index (χ1n) is 9.61. The molecule has 2 aromatic carbocycles. The average molecular weight is 407 g/mol. The third-order valence-electron chi connectivity index (χ3n) is 4.86. The van der Waals surface area contributed by atoms with Crippen LogP contribution < -0.4 is 10.6 Å². The van der Waals surface area contributed by atoms with E-state index >= 15 is 0 Å². The predicted octanol–water partition coefficient (Wildman–Crippen LogP) is 4.12. The molecule has 1 aromatic heterocycles. The third-order valence-corrected chi connectivity index (χ3v) is 5.80. The molecule has 0 spiro atoms. The number of rotatable bonds is 5. The highest BCUT2D eigenvalue weighted by Gasteiger charge is 2.34. The molecule has 1 saturated heterocycles. The van der Waals surface area contributed by atoms with Gasteiger partial charge in [0, 0.05) is 23.2 Å². The first kappa shape index (κ1) is 19.1. The second-order valence-electron chi connectivity index (χ2n) is 6.88. The Morgan fingerprint density at radius 1 is 1.07 bits per heavy atom. The van der Waals surface area contributed by atoms with Gasteiger partial charge in [0.05, 0.1) is 12.2 Å². The number of hydrogen-bond acceptors (Lipinski definition) is 4. The summed E-state index contributed by atoms with van der Waals surface area (Å²) >= 11 is 1.56. The van der Waals surface area contributed by atoms with E-state index < -0.39 is 6.04 Å². The van der Waals surface area contributed by atoms with Gasteiger partial charge in [0.2, 0.25) is 5.91 Å². The number of hydrogen-bond donors (Lipinski definition) is 2. The number of likely N-dealkylation sites (tertiary alicyclic amines) is 1. The van der Waals surface area contributed by atoms with E-state index in [1.807, 2.05) is 66.0 Å². The largest absolute Gasteiger partial charge is 0.349 e. The number of para-hydroxylation sites is 1.